The average molecular weight is 215 g/mol. The number of carbonyl (C=O) groups excluding carboxylic acids is 1. The number of carbonyl (C=O) groups is 1. The minimum atomic E-state index is -3.22. The Morgan fingerprint density at radius 1 is 1.38 bits per heavy atom. The fourth-order valence-electron chi connectivity index (χ4n) is 1.15. The molecule has 1 rings (SSSR count). The van der Waals surface area contributed by atoms with E-state index >= 15 is 0 Å². The van der Waals surface area contributed by atoms with Crippen molar-refractivity contribution in [3.8, 4) is 0 Å². The molecular formula is C7H13ClF2N2O. The van der Waals surface area contributed by atoms with Crippen molar-refractivity contribution in [1.82, 2.24) is 10.2 Å². The zero-order chi connectivity index (χ0) is 9.19. The lowest BCUT2D eigenvalue weighted by Gasteiger charge is -2.29. The van der Waals surface area contributed by atoms with Crippen LogP contribution in [0.2, 0.25) is 0 Å². The van der Waals surface area contributed by atoms with Gasteiger partial charge in [0, 0.05) is 33.1 Å². The molecule has 0 spiro atoms. The van der Waals surface area contributed by atoms with Crippen molar-refractivity contribution < 1.29 is 13.6 Å². The molecule has 1 aliphatic rings. The maximum Gasteiger partial charge on any atom is 0.322 e. The van der Waals surface area contributed by atoms with Crippen LogP contribution in [0.25, 0.3) is 0 Å². The van der Waals surface area contributed by atoms with Crippen LogP contribution in [0.4, 0.5) is 8.78 Å². The first-order chi connectivity index (χ1) is 5.52. The third kappa shape index (κ3) is 3.44. The van der Waals surface area contributed by atoms with Crippen LogP contribution >= 0.6 is 12.4 Å². The quantitative estimate of drug-likeness (QED) is 0.689. The molecule has 0 aromatic carbocycles. The van der Waals surface area contributed by atoms with Gasteiger partial charge in [0.25, 0.3) is 5.91 Å². The summed E-state index contributed by atoms with van der Waals surface area (Å²) in [5.41, 5.74) is 0. The van der Waals surface area contributed by atoms with E-state index in [-0.39, 0.29) is 12.4 Å². The van der Waals surface area contributed by atoms with E-state index in [1.54, 1.807) is 0 Å². The Morgan fingerprint density at radius 2 is 1.85 bits per heavy atom. The first-order valence-electron chi connectivity index (χ1n) is 3.90. The lowest BCUT2D eigenvalue weighted by atomic mass is 10.3. The van der Waals surface area contributed by atoms with Crippen molar-refractivity contribution in [2.24, 2.45) is 0 Å². The van der Waals surface area contributed by atoms with Crippen LogP contribution < -0.4 is 5.32 Å². The Hall–Kier alpha value is -0.420. The van der Waals surface area contributed by atoms with Gasteiger partial charge >= 0.3 is 5.92 Å². The van der Waals surface area contributed by atoms with Crippen molar-refractivity contribution >= 4 is 18.3 Å². The zero-order valence-corrected chi connectivity index (χ0v) is 8.16. The molecule has 0 saturated carbocycles. The molecule has 1 aliphatic heterocycles. The molecule has 0 aromatic rings. The summed E-state index contributed by atoms with van der Waals surface area (Å²) >= 11 is 0. The third-order valence-corrected chi connectivity index (χ3v) is 1.78. The SMILES string of the molecule is CC(F)(F)C(=O)N1CCNCC1.Cl. The van der Waals surface area contributed by atoms with E-state index in [0.717, 1.165) is 0 Å². The van der Waals surface area contributed by atoms with Crippen LogP contribution in [0, 0.1) is 0 Å². The highest BCUT2D eigenvalue weighted by atomic mass is 35.5. The van der Waals surface area contributed by atoms with Crippen molar-refractivity contribution in [2.75, 3.05) is 26.2 Å². The van der Waals surface area contributed by atoms with Gasteiger partial charge < -0.3 is 10.2 Å². The fraction of sp³-hybridized carbons (Fsp3) is 0.857. The summed E-state index contributed by atoms with van der Waals surface area (Å²) in [6, 6.07) is 0. The predicted molar refractivity (Wildman–Crippen MR) is 47.3 cm³/mol. The Labute approximate surface area is 81.9 Å². The first-order valence-corrected chi connectivity index (χ1v) is 3.90. The molecule has 1 heterocycles. The second kappa shape index (κ2) is 4.72. The lowest BCUT2D eigenvalue weighted by Crippen LogP contribution is -2.51. The van der Waals surface area contributed by atoms with E-state index in [4.69, 9.17) is 0 Å². The number of alkyl halides is 2. The van der Waals surface area contributed by atoms with Gasteiger partial charge in [0.15, 0.2) is 0 Å². The first kappa shape index (κ1) is 12.6. The third-order valence-electron chi connectivity index (χ3n) is 1.78. The fourth-order valence-corrected chi connectivity index (χ4v) is 1.15. The maximum absolute atomic E-state index is 12.5. The molecule has 3 nitrogen and oxygen atoms in total. The summed E-state index contributed by atoms with van der Waals surface area (Å²) in [4.78, 5) is 12.2. The zero-order valence-electron chi connectivity index (χ0n) is 7.35. The van der Waals surface area contributed by atoms with Gasteiger partial charge in [-0.2, -0.15) is 8.78 Å². The number of piperazine rings is 1. The number of nitrogens with zero attached hydrogens (tertiary/aromatic N) is 1. The highest BCUT2D eigenvalue weighted by Gasteiger charge is 2.36. The molecule has 78 valence electrons. The van der Waals surface area contributed by atoms with Gasteiger partial charge in [-0.05, 0) is 0 Å². The normalized spacial score (nSPS) is 17.9. The van der Waals surface area contributed by atoms with Gasteiger partial charge in [-0.25, -0.2) is 0 Å². The van der Waals surface area contributed by atoms with Crippen molar-refractivity contribution in [1.29, 1.82) is 0 Å². The summed E-state index contributed by atoms with van der Waals surface area (Å²) in [5, 5.41) is 2.98. The minimum Gasteiger partial charge on any atom is -0.335 e. The number of halogens is 3. The van der Waals surface area contributed by atoms with E-state index in [2.05, 4.69) is 5.32 Å². The standard InChI is InChI=1S/C7H12F2N2O.ClH/c1-7(8,9)6(12)11-4-2-10-3-5-11;/h10H,2-5H2,1H3;1H. The summed E-state index contributed by atoms with van der Waals surface area (Å²) in [7, 11) is 0. The summed E-state index contributed by atoms with van der Waals surface area (Å²) in [5.74, 6) is -4.29. The maximum atomic E-state index is 12.5. The van der Waals surface area contributed by atoms with Gasteiger partial charge in [0.05, 0.1) is 0 Å². The molecule has 13 heavy (non-hydrogen) atoms. The molecule has 0 aliphatic carbocycles. The molecule has 1 saturated heterocycles. The smallest absolute Gasteiger partial charge is 0.322 e. The van der Waals surface area contributed by atoms with Crippen LogP contribution in [0.1, 0.15) is 6.92 Å². The van der Waals surface area contributed by atoms with Crippen molar-refractivity contribution in [3.63, 3.8) is 0 Å². The number of nitrogens with one attached hydrogen (secondary N) is 1. The van der Waals surface area contributed by atoms with E-state index in [9.17, 15) is 13.6 Å². The van der Waals surface area contributed by atoms with Gasteiger partial charge in [0.2, 0.25) is 0 Å². The lowest BCUT2D eigenvalue weighted by molar-refractivity contribution is -0.155. The number of hydrogen-bond donors (Lipinski definition) is 1. The van der Waals surface area contributed by atoms with Crippen LogP contribution in [0.15, 0.2) is 0 Å². The Balaban J connectivity index is 0.00000144. The molecule has 1 amide bonds. The molecule has 0 radical (unpaired) electrons. The molecule has 1 N–H and O–H groups in total. The van der Waals surface area contributed by atoms with E-state index in [1.807, 2.05) is 0 Å². The Kier molecular flexibility index (Phi) is 4.56. The molecule has 0 bridgehead atoms. The summed E-state index contributed by atoms with van der Waals surface area (Å²) < 4.78 is 25.0. The van der Waals surface area contributed by atoms with Crippen LogP contribution in [0.5, 0.6) is 0 Å². The predicted octanol–water partition coefficient (Wildman–Crippen LogP) is 0.495. The molecule has 0 atom stereocenters. The average Bonchev–Trinajstić information content (AvgIpc) is 2.03. The largest absolute Gasteiger partial charge is 0.335 e. The van der Waals surface area contributed by atoms with Gasteiger partial charge in [-0.1, -0.05) is 0 Å². The van der Waals surface area contributed by atoms with Crippen molar-refractivity contribution in [3.05, 3.63) is 0 Å². The van der Waals surface area contributed by atoms with Gasteiger partial charge in [-0.3, -0.25) is 4.79 Å². The minimum absolute atomic E-state index is 0. The highest BCUT2D eigenvalue weighted by molar-refractivity contribution is 5.85. The molecule has 0 aromatic heterocycles. The van der Waals surface area contributed by atoms with E-state index in [0.29, 0.717) is 33.1 Å². The Bertz CT molecular complexity index is 178. The number of hydrogen-bond acceptors (Lipinski definition) is 2. The molecule has 1 fully saturated rings. The van der Waals surface area contributed by atoms with Gasteiger partial charge in [0.1, 0.15) is 0 Å². The van der Waals surface area contributed by atoms with E-state index in [1.165, 1.54) is 4.90 Å². The van der Waals surface area contributed by atoms with Crippen LogP contribution in [-0.4, -0.2) is 42.9 Å². The Morgan fingerprint density at radius 3 is 2.23 bits per heavy atom. The second-order valence-electron chi connectivity index (χ2n) is 2.93. The van der Waals surface area contributed by atoms with E-state index < -0.39 is 11.8 Å². The van der Waals surface area contributed by atoms with Gasteiger partial charge in [-0.15, -0.1) is 12.4 Å². The molecule has 0 unspecified atom stereocenters. The monoisotopic (exact) mass is 214 g/mol. The summed E-state index contributed by atoms with van der Waals surface area (Å²) in [6.45, 7) is 2.59. The van der Waals surface area contributed by atoms with Crippen molar-refractivity contribution in [2.45, 2.75) is 12.8 Å². The topological polar surface area (TPSA) is 32.3 Å². The number of rotatable bonds is 1. The number of amides is 1. The molecule has 6 heteroatoms. The molecular weight excluding hydrogens is 202 g/mol. The highest BCUT2D eigenvalue weighted by Crippen LogP contribution is 2.15. The summed E-state index contributed by atoms with van der Waals surface area (Å²) in [6.07, 6.45) is 0. The van der Waals surface area contributed by atoms with Crippen LogP contribution in [0.3, 0.4) is 0 Å². The van der Waals surface area contributed by atoms with Crippen LogP contribution in [-0.2, 0) is 4.79 Å². The second-order valence-corrected chi connectivity index (χ2v) is 2.93.